The summed E-state index contributed by atoms with van der Waals surface area (Å²) in [4.78, 5) is 40.1. The Labute approximate surface area is 182 Å². The van der Waals surface area contributed by atoms with E-state index in [9.17, 15) is 18.8 Å². The normalized spacial score (nSPS) is 14.4. The van der Waals surface area contributed by atoms with E-state index in [2.05, 4.69) is 5.32 Å². The van der Waals surface area contributed by atoms with Crippen LogP contribution in [0.4, 0.5) is 10.1 Å². The average Bonchev–Trinajstić information content (AvgIpc) is 2.74. The van der Waals surface area contributed by atoms with E-state index >= 15 is 0 Å². The minimum absolute atomic E-state index is 0.00664. The van der Waals surface area contributed by atoms with Crippen molar-refractivity contribution in [2.24, 2.45) is 0 Å². The average molecular weight is 427 g/mol. The van der Waals surface area contributed by atoms with Gasteiger partial charge in [-0.25, -0.2) is 4.39 Å². The van der Waals surface area contributed by atoms with Crippen molar-refractivity contribution in [2.45, 2.75) is 26.7 Å². The second-order valence-corrected chi connectivity index (χ2v) is 8.11. The maximum Gasteiger partial charge on any atom is 0.279 e. The summed E-state index contributed by atoms with van der Waals surface area (Å²) in [5, 5.41) is 2.70. The smallest absolute Gasteiger partial charge is 0.279 e. The van der Waals surface area contributed by atoms with E-state index in [1.54, 1.807) is 17.0 Å². The van der Waals surface area contributed by atoms with Gasteiger partial charge in [0.15, 0.2) is 12.3 Å². The van der Waals surface area contributed by atoms with E-state index in [-0.39, 0.29) is 37.0 Å². The number of halogens is 1. The molecule has 0 bridgehead atoms. The number of rotatable bonds is 7. The van der Waals surface area contributed by atoms with Crippen LogP contribution in [0.3, 0.4) is 0 Å². The maximum atomic E-state index is 13.2. The SMILES string of the molecule is Cc1ccc(C)c(C(=O)CCC(=O)N2CC[NH+](CC(=O)Nc3cccc(F)c3)CC2)c1. The first-order chi connectivity index (χ1) is 14.8. The number of quaternary nitrogens is 1. The standard InChI is InChI=1S/C24H28FN3O3/c1-17-6-7-18(2)21(14-17)22(29)8-9-24(31)28-12-10-27(11-13-28)16-23(30)26-20-5-3-4-19(25)15-20/h3-7,14-15H,8-13,16H2,1-2H3,(H,26,30)/p+1. The Balaban J connectivity index is 1.41. The number of aryl methyl sites for hydroxylation is 2. The Morgan fingerprint density at radius 2 is 1.77 bits per heavy atom. The highest BCUT2D eigenvalue weighted by molar-refractivity contribution is 5.99. The fourth-order valence-corrected chi connectivity index (χ4v) is 3.80. The van der Waals surface area contributed by atoms with Crippen LogP contribution in [0.1, 0.15) is 34.3 Å². The van der Waals surface area contributed by atoms with E-state index < -0.39 is 5.82 Å². The molecule has 1 heterocycles. The summed E-state index contributed by atoms with van der Waals surface area (Å²) in [7, 11) is 0. The number of hydrogen-bond acceptors (Lipinski definition) is 3. The van der Waals surface area contributed by atoms with Crippen LogP contribution in [0.25, 0.3) is 0 Å². The lowest BCUT2D eigenvalue weighted by Gasteiger charge is -2.32. The first-order valence-electron chi connectivity index (χ1n) is 10.6. The highest BCUT2D eigenvalue weighted by Crippen LogP contribution is 2.14. The second-order valence-electron chi connectivity index (χ2n) is 8.11. The van der Waals surface area contributed by atoms with Crippen molar-refractivity contribution in [1.29, 1.82) is 0 Å². The summed E-state index contributed by atoms with van der Waals surface area (Å²) in [5.41, 5.74) is 3.08. The molecule has 1 fully saturated rings. The van der Waals surface area contributed by atoms with Gasteiger partial charge in [-0.15, -0.1) is 0 Å². The predicted octanol–water partition coefficient (Wildman–Crippen LogP) is 1.77. The molecule has 2 aromatic carbocycles. The van der Waals surface area contributed by atoms with Gasteiger partial charge in [-0.2, -0.15) is 0 Å². The van der Waals surface area contributed by atoms with E-state index in [0.717, 1.165) is 16.0 Å². The molecule has 164 valence electrons. The number of benzene rings is 2. The summed E-state index contributed by atoms with van der Waals surface area (Å²) in [6.07, 6.45) is 0.397. The highest BCUT2D eigenvalue weighted by Gasteiger charge is 2.25. The predicted molar refractivity (Wildman–Crippen MR) is 117 cm³/mol. The van der Waals surface area contributed by atoms with E-state index in [4.69, 9.17) is 0 Å². The number of anilines is 1. The van der Waals surface area contributed by atoms with Gasteiger partial charge in [-0.1, -0.05) is 23.8 Å². The van der Waals surface area contributed by atoms with Crippen LogP contribution in [0.5, 0.6) is 0 Å². The summed E-state index contributed by atoms with van der Waals surface area (Å²) in [6.45, 7) is 6.55. The Morgan fingerprint density at radius 1 is 1.03 bits per heavy atom. The zero-order valence-corrected chi connectivity index (χ0v) is 18.0. The number of nitrogens with zero attached hydrogens (tertiary/aromatic N) is 1. The molecule has 2 N–H and O–H groups in total. The Morgan fingerprint density at radius 3 is 2.48 bits per heavy atom. The van der Waals surface area contributed by atoms with Crippen LogP contribution in [-0.2, 0) is 9.59 Å². The molecule has 0 saturated carbocycles. The van der Waals surface area contributed by atoms with Crippen molar-refractivity contribution >= 4 is 23.3 Å². The molecular weight excluding hydrogens is 397 g/mol. The zero-order valence-electron chi connectivity index (χ0n) is 18.0. The van der Waals surface area contributed by atoms with Gasteiger partial charge in [0, 0.05) is 24.1 Å². The topological polar surface area (TPSA) is 70.9 Å². The van der Waals surface area contributed by atoms with Gasteiger partial charge in [0.2, 0.25) is 5.91 Å². The molecule has 1 saturated heterocycles. The summed E-state index contributed by atoms with van der Waals surface area (Å²) in [6, 6.07) is 11.6. The minimum Gasteiger partial charge on any atom is -0.331 e. The lowest BCUT2D eigenvalue weighted by molar-refractivity contribution is -0.895. The van der Waals surface area contributed by atoms with Gasteiger partial charge in [-0.05, 0) is 43.7 Å². The number of hydrogen-bond donors (Lipinski definition) is 2. The molecule has 0 unspecified atom stereocenters. The van der Waals surface area contributed by atoms with E-state index in [0.29, 0.717) is 37.4 Å². The number of carbonyl (C=O) groups is 3. The quantitative estimate of drug-likeness (QED) is 0.663. The van der Waals surface area contributed by atoms with E-state index in [1.807, 2.05) is 32.0 Å². The zero-order chi connectivity index (χ0) is 22.4. The fourth-order valence-electron chi connectivity index (χ4n) is 3.80. The van der Waals surface area contributed by atoms with Crippen LogP contribution in [-0.4, -0.2) is 55.2 Å². The van der Waals surface area contributed by atoms with Crippen LogP contribution in [0.15, 0.2) is 42.5 Å². The first-order valence-corrected chi connectivity index (χ1v) is 10.6. The number of ketones is 1. The van der Waals surface area contributed by atoms with Crippen LogP contribution in [0.2, 0.25) is 0 Å². The summed E-state index contributed by atoms with van der Waals surface area (Å²) in [5.74, 6) is -0.609. The Kier molecular flexibility index (Phi) is 7.52. The number of nitrogens with one attached hydrogen (secondary N) is 2. The molecule has 0 aliphatic carbocycles. The summed E-state index contributed by atoms with van der Waals surface area (Å²) < 4.78 is 13.2. The lowest BCUT2D eigenvalue weighted by atomic mass is 9.99. The minimum atomic E-state index is -0.395. The molecule has 1 aliphatic heterocycles. The molecular formula is C24H29FN3O3+. The van der Waals surface area contributed by atoms with Crippen molar-refractivity contribution < 1.29 is 23.7 Å². The number of amides is 2. The Bertz CT molecular complexity index is 968. The maximum absolute atomic E-state index is 13.2. The van der Waals surface area contributed by atoms with Crippen molar-refractivity contribution in [2.75, 3.05) is 38.0 Å². The van der Waals surface area contributed by atoms with Crippen LogP contribution in [0, 0.1) is 19.7 Å². The summed E-state index contributed by atoms with van der Waals surface area (Å²) >= 11 is 0. The van der Waals surface area contributed by atoms with Gasteiger partial charge in [0.1, 0.15) is 5.82 Å². The first kappa shape index (κ1) is 22.6. The molecule has 7 heteroatoms. The highest BCUT2D eigenvalue weighted by atomic mass is 19.1. The van der Waals surface area contributed by atoms with Gasteiger partial charge >= 0.3 is 0 Å². The largest absolute Gasteiger partial charge is 0.331 e. The molecule has 3 rings (SSSR count). The molecule has 0 spiro atoms. The van der Waals surface area contributed by atoms with Gasteiger partial charge < -0.3 is 15.1 Å². The molecule has 2 aromatic rings. The van der Waals surface area contributed by atoms with Crippen molar-refractivity contribution in [3.63, 3.8) is 0 Å². The number of Topliss-reactive ketones (excluding diaryl/α,β-unsaturated/α-hetero) is 1. The number of piperazine rings is 1. The Hall–Kier alpha value is -3.06. The second kappa shape index (κ2) is 10.3. The fraction of sp³-hybridized carbons (Fsp3) is 0.375. The van der Waals surface area contributed by atoms with Crippen molar-refractivity contribution in [1.82, 2.24) is 4.90 Å². The van der Waals surface area contributed by atoms with Crippen LogP contribution >= 0.6 is 0 Å². The third kappa shape index (κ3) is 6.46. The lowest BCUT2D eigenvalue weighted by Crippen LogP contribution is -3.15. The molecule has 31 heavy (non-hydrogen) atoms. The molecule has 0 atom stereocenters. The molecule has 6 nitrogen and oxygen atoms in total. The van der Waals surface area contributed by atoms with E-state index in [1.165, 1.54) is 12.1 Å². The molecule has 2 amide bonds. The molecule has 1 aliphatic rings. The molecule has 0 aromatic heterocycles. The third-order valence-electron chi connectivity index (χ3n) is 5.60. The van der Waals surface area contributed by atoms with Gasteiger partial charge in [-0.3, -0.25) is 14.4 Å². The monoisotopic (exact) mass is 426 g/mol. The van der Waals surface area contributed by atoms with Gasteiger partial charge in [0.05, 0.1) is 26.2 Å². The number of carbonyl (C=O) groups excluding carboxylic acids is 3. The van der Waals surface area contributed by atoms with Crippen molar-refractivity contribution in [3.05, 3.63) is 65.0 Å². The third-order valence-corrected chi connectivity index (χ3v) is 5.60. The molecule has 0 radical (unpaired) electrons. The van der Waals surface area contributed by atoms with Gasteiger partial charge in [0.25, 0.3) is 5.91 Å². The van der Waals surface area contributed by atoms with Crippen LogP contribution < -0.4 is 10.2 Å². The van der Waals surface area contributed by atoms with Crippen molar-refractivity contribution in [3.8, 4) is 0 Å².